The molecule has 5 heteroatoms. The first kappa shape index (κ1) is 13.3. The Morgan fingerprint density at radius 2 is 2.05 bits per heavy atom. The molecule has 1 aromatic carbocycles. The van der Waals surface area contributed by atoms with Crippen LogP contribution in [0.2, 0.25) is 0 Å². The van der Waals surface area contributed by atoms with E-state index in [1.54, 1.807) is 6.33 Å². The maximum Gasteiger partial charge on any atom is 0.234 e. The number of carbonyl (C=O) groups excluding carboxylic acids is 1. The Balaban J connectivity index is 1.66. The molecule has 0 radical (unpaired) electrons. The lowest BCUT2D eigenvalue weighted by Crippen LogP contribution is -2.33. The fourth-order valence-electron chi connectivity index (χ4n) is 1.72. The number of nitrogens with zero attached hydrogens (tertiary/aromatic N) is 1. The van der Waals surface area contributed by atoms with Gasteiger partial charge in [-0.05, 0) is 12.5 Å². The van der Waals surface area contributed by atoms with Crippen LogP contribution in [0.4, 0.5) is 0 Å². The molecule has 1 heterocycles. The van der Waals surface area contributed by atoms with E-state index in [-0.39, 0.29) is 5.91 Å². The van der Waals surface area contributed by atoms with Gasteiger partial charge in [0.2, 0.25) is 5.91 Å². The number of amides is 1. The van der Waals surface area contributed by atoms with Gasteiger partial charge in [0, 0.05) is 18.8 Å². The van der Waals surface area contributed by atoms with Crippen molar-refractivity contribution in [3.05, 3.63) is 53.6 Å². The van der Waals surface area contributed by atoms with Crippen LogP contribution in [0, 0.1) is 6.92 Å². The van der Waals surface area contributed by atoms with Crippen molar-refractivity contribution in [3.8, 4) is 0 Å². The van der Waals surface area contributed by atoms with Gasteiger partial charge < -0.3 is 15.6 Å². The highest BCUT2D eigenvalue weighted by Crippen LogP contribution is 1.99. The highest BCUT2D eigenvalue weighted by Gasteiger charge is 2.03. The average molecular weight is 258 g/mol. The molecule has 3 N–H and O–H groups in total. The Bertz CT molecular complexity index is 521. The second-order valence-corrected chi connectivity index (χ2v) is 4.34. The van der Waals surface area contributed by atoms with Crippen molar-refractivity contribution in [3.63, 3.8) is 0 Å². The molecule has 2 rings (SSSR count). The molecule has 0 spiro atoms. The van der Waals surface area contributed by atoms with Gasteiger partial charge in [-0.25, -0.2) is 4.98 Å². The summed E-state index contributed by atoms with van der Waals surface area (Å²) in [4.78, 5) is 18.8. The summed E-state index contributed by atoms with van der Waals surface area (Å²) in [7, 11) is 0. The summed E-state index contributed by atoms with van der Waals surface area (Å²) in [6.07, 6.45) is 1.65. The summed E-state index contributed by atoms with van der Waals surface area (Å²) < 4.78 is 0. The number of aryl methyl sites for hydroxylation is 1. The van der Waals surface area contributed by atoms with Gasteiger partial charge >= 0.3 is 0 Å². The molecule has 5 nitrogen and oxygen atoms in total. The van der Waals surface area contributed by atoms with Gasteiger partial charge in [0.05, 0.1) is 18.6 Å². The van der Waals surface area contributed by atoms with Gasteiger partial charge in [-0.2, -0.15) is 0 Å². The molecule has 0 aliphatic rings. The molecule has 0 atom stereocenters. The van der Waals surface area contributed by atoms with Crippen LogP contribution in [0.25, 0.3) is 0 Å². The van der Waals surface area contributed by atoms with Gasteiger partial charge in [-0.1, -0.05) is 30.3 Å². The fourth-order valence-corrected chi connectivity index (χ4v) is 1.72. The fraction of sp³-hybridized carbons (Fsp3) is 0.286. The van der Waals surface area contributed by atoms with E-state index in [1.165, 1.54) is 0 Å². The van der Waals surface area contributed by atoms with Crippen LogP contribution in [0.15, 0.2) is 36.7 Å². The van der Waals surface area contributed by atoms with Crippen LogP contribution in [0.3, 0.4) is 0 Å². The molecule has 19 heavy (non-hydrogen) atoms. The Hall–Kier alpha value is -2.14. The van der Waals surface area contributed by atoms with E-state index in [0.29, 0.717) is 19.6 Å². The Morgan fingerprint density at radius 1 is 1.26 bits per heavy atom. The van der Waals surface area contributed by atoms with E-state index in [1.807, 2.05) is 37.3 Å². The number of rotatable bonds is 6. The second kappa shape index (κ2) is 6.70. The van der Waals surface area contributed by atoms with Crippen molar-refractivity contribution < 1.29 is 4.79 Å². The van der Waals surface area contributed by atoms with Crippen LogP contribution >= 0.6 is 0 Å². The SMILES string of the molecule is Cc1[nH]cnc1CNCC(=O)NCc1ccccc1. The Labute approximate surface area is 112 Å². The predicted molar refractivity (Wildman–Crippen MR) is 73.3 cm³/mol. The standard InChI is InChI=1S/C14H18N4O/c1-11-13(18-10-17-11)8-15-9-14(19)16-7-12-5-3-2-4-6-12/h2-6,10,15H,7-9H2,1H3,(H,16,19)(H,17,18). The highest BCUT2D eigenvalue weighted by atomic mass is 16.1. The molecular weight excluding hydrogens is 240 g/mol. The third-order valence-electron chi connectivity index (χ3n) is 2.84. The van der Waals surface area contributed by atoms with Gasteiger partial charge in [0.15, 0.2) is 0 Å². The van der Waals surface area contributed by atoms with E-state index in [0.717, 1.165) is 17.0 Å². The maximum atomic E-state index is 11.6. The molecule has 0 saturated carbocycles. The van der Waals surface area contributed by atoms with Crippen molar-refractivity contribution in [1.82, 2.24) is 20.6 Å². The number of imidazole rings is 1. The van der Waals surface area contributed by atoms with Crippen molar-refractivity contribution in [2.45, 2.75) is 20.0 Å². The molecule has 100 valence electrons. The lowest BCUT2D eigenvalue weighted by molar-refractivity contribution is -0.120. The molecule has 0 unspecified atom stereocenters. The zero-order valence-corrected chi connectivity index (χ0v) is 10.9. The number of nitrogens with one attached hydrogen (secondary N) is 3. The van der Waals surface area contributed by atoms with Crippen LogP contribution in [-0.2, 0) is 17.9 Å². The first-order valence-corrected chi connectivity index (χ1v) is 6.26. The Morgan fingerprint density at radius 3 is 2.74 bits per heavy atom. The molecule has 1 aromatic heterocycles. The molecule has 0 fully saturated rings. The summed E-state index contributed by atoms with van der Waals surface area (Å²) in [6, 6.07) is 9.85. The maximum absolute atomic E-state index is 11.6. The van der Waals surface area contributed by atoms with E-state index < -0.39 is 0 Å². The summed E-state index contributed by atoms with van der Waals surface area (Å²) in [5.74, 6) is -0.0166. The monoisotopic (exact) mass is 258 g/mol. The van der Waals surface area contributed by atoms with Gasteiger partial charge in [-0.3, -0.25) is 4.79 Å². The van der Waals surface area contributed by atoms with Crippen molar-refractivity contribution >= 4 is 5.91 Å². The quantitative estimate of drug-likeness (QED) is 0.727. The summed E-state index contributed by atoms with van der Waals surface area (Å²) >= 11 is 0. The lowest BCUT2D eigenvalue weighted by atomic mass is 10.2. The first-order chi connectivity index (χ1) is 9.25. The topological polar surface area (TPSA) is 69.8 Å². The van der Waals surface area contributed by atoms with E-state index >= 15 is 0 Å². The molecular formula is C14H18N4O. The summed E-state index contributed by atoms with van der Waals surface area (Å²) in [6.45, 7) is 3.40. The van der Waals surface area contributed by atoms with Crippen molar-refractivity contribution in [2.75, 3.05) is 6.54 Å². The molecule has 1 amide bonds. The summed E-state index contributed by atoms with van der Waals surface area (Å²) in [5, 5.41) is 5.93. The number of hydrogen-bond donors (Lipinski definition) is 3. The zero-order chi connectivity index (χ0) is 13.5. The van der Waals surface area contributed by atoms with Gasteiger partial charge in [-0.15, -0.1) is 0 Å². The van der Waals surface area contributed by atoms with Gasteiger partial charge in [0.25, 0.3) is 0 Å². The number of aromatic amines is 1. The number of aromatic nitrogens is 2. The number of H-pyrrole nitrogens is 1. The third-order valence-corrected chi connectivity index (χ3v) is 2.84. The molecule has 2 aromatic rings. The van der Waals surface area contributed by atoms with Crippen molar-refractivity contribution in [1.29, 1.82) is 0 Å². The predicted octanol–water partition coefficient (Wildman–Crippen LogP) is 1.12. The molecule has 0 aliphatic carbocycles. The minimum Gasteiger partial charge on any atom is -0.351 e. The van der Waals surface area contributed by atoms with Crippen LogP contribution in [-0.4, -0.2) is 22.4 Å². The minimum atomic E-state index is -0.0166. The minimum absolute atomic E-state index is 0.0166. The number of benzene rings is 1. The normalized spacial score (nSPS) is 10.4. The van der Waals surface area contributed by atoms with E-state index in [2.05, 4.69) is 20.6 Å². The number of carbonyl (C=O) groups is 1. The average Bonchev–Trinajstić information content (AvgIpc) is 2.83. The van der Waals surface area contributed by atoms with Gasteiger partial charge in [0.1, 0.15) is 0 Å². The highest BCUT2D eigenvalue weighted by molar-refractivity contribution is 5.77. The summed E-state index contributed by atoms with van der Waals surface area (Å²) in [5.41, 5.74) is 3.06. The smallest absolute Gasteiger partial charge is 0.234 e. The Kier molecular flexibility index (Phi) is 4.69. The zero-order valence-electron chi connectivity index (χ0n) is 10.9. The molecule has 0 bridgehead atoms. The van der Waals surface area contributed by atoms with Crippen molar-refractivity contribution in [2.24, 2.45) is 0 Å². The van der Waals surface area contributed by atoms with E-state index in [9.17, 15) is 4.79 Å². The third kappa shape index (κ3) is 4.22. The number of hydrogen-bond acceptors (Lipinski definition) is 3. The lowest BCUT2D eigenvalue weighted by Gasteiger charge is -2.06. The van der Waals surface area contributed by atoms with Crippen LogP contribution < -0.4 is 10.6 Å². The molecule has 0 saturated heterocycles. The molecule has 0 aliphatic heterocycles. The second-order valence-electron chi connectivity index (χ2n) is 4.34. The van der Waals surface area contributed by atoms with Crippen LogP contribution in [0.5, 0.6) is 0 Å². The van der Waals surface area contributed by atoms with E-state index in [4.69, 9.17) is 0 Å². The van der Waals surface area contributed by atoms with Crippen LogP contribution in [0.1, 0.15) is 17.0 Å². The largest absolute Gasteiger partial charge is 0.351 e. The first-order valence-electron chi connectivity index (χ1n) is 6.26.